The zero-order valence-electron chi connectivity index (χ0n) is 19.6. The summed E-state index contributed by atoms with van der Waals surface area (Å²) >= 11 is 0. The fourth-order valence-electron chi connectivity index (χ4n) is 4.40. The van der Waals surface area contributed by atoms with Crippen molar-refractivity contribution >= 4 is 32.6 Å². The van der Waals surface area contributed by atoms with Crippen molar-refractivity contribution in [3.63, 3.8) is 0 Å². The van der Waals surface area contributed by atoms with Crippen molar-refractivity contribution < 1.29 is 17.9 Å². The van der Waals surface area contributed by atoms with Crippen molar-refractivity contribution in [3.05, 3.63) is 65.9 Å². The lowest BCUT2D eigenvalue weighted by Crippen LogP contribution is -2.32. The van der Waals surface area contributed by atoms with E-state index < -0.39 is 10.0 Å². The monoisotopic (exact) mass is 491 g/mol. The molecular weight excluding hydrogens is 466 g/mol. The van der Waals surface area contributed by atoms with E-state index in [2.05, 4.69) is 14.6 Å². The Hall–Kier alpha value is -3.92. The maximum atomic E-state index is 11.8. The first-order valence-electron chi connectivity index (χ1n) is 11.0. The molecule has 35 heavy (non-hydrogen) atoms. The molecule has 3 heterocycles. The van der Waals surface area contributed by atoms with Crippen LogP contribution in [-0.2, 0) is 23.0 Å². The Morgan fingerprint density at radius 2 is 1.89 bits per heavy atom. The van der Waals surface area contributed by atoms with Crippen molar-refractivity contribution in [2.24, 2.45) is 0 Å². The van der Waals surface area contributed by atoms with Crippen LogP contribution in [0.2, 0.25) is 0 Å². The number of nitrogens with one attached hydrogen (secondary N) is 1. The van der Waals surface area contributed by atoms with Gasteiger partial charge < -0.3 is 14.4 Å². The molecule has 0 spiro atoms. The minimum Gasteiger partial charge on any atom is -0.497 e. The molecule has 1 N–H and O–H groups in total. The number of hydrogen-bond donors (Lipinski definition) is 1. The van der Waals surface area contributed by atoms with E-state index in [-0.39, 0.29) is 0 Å². The highest BCUT2D eigenvalue weighted by molar-refractivity contribution is 7.92. The van der Waals surface area contributed by atoms with Crippen molar-refractivity contribution in [1.29, 1.82) is 0 Å². The van der Waals surface area contributed by atoms with Gasteiger partial charge in [-0.05, 0) is 41.8 Å². The van der Waals surface area contributed by atoms with Gasteiger partial charge in [0.1, 0.15) is 5.75 Å². The molecule has 10 heteroatoms. The molecule has 0 amide bonds. The Balaban J connectivity index is 1.58. The number of aromatic nitrogens is 3. The minimum atomic E-state index is -3.37. The summed E-state index contributed by atoms with van der Waals surface area (Å²) in [6.07, 6.45) is 3.54. The number of rotatable bonds is 6. The van der Waals surface area contributed by atoms with Crippen LogP contribution in [-0.4, -0.2) is 50.4 Å². The predicted octanol–water partition coefficient (Wildman–Crippen LogP) is 3.64. The Kier molecular flexibility index (Phi) is 5.89. The third-order valence-electron chi connectivity index (χ3n) is 5.94. The lowest BCUT2D eigenvalue weighted by atomic mass is 9.98. The Bertz CT molecular complexity index is 1510. The second kappa shape index (κ2) is 9.03. The van der Waals surface area contributed by atoms with Gasteiger partial charge in [0.15, 0.2) is 0 Å². The maximum absolute atomic E-state index is 11.8. The Morgan fingerprint density at radius 3 is 2.60 bits per heavy atom. The smallest absolute Gasteiger partial charge is 0.229 e. The molecule has 2 aromatic heterocycles. The highest BCUT2D eigenvalue weighted by Gasteiger charge is 2.24. The van der Waals surface area contributed by atoms with Gasteiger partial charge in [0.25, 0.3) is 0 Å². The van der Waals surface area contributed by atoms with Gasteiger partial charge in [-0.15, -0.1) is 0 Å². The van der Waals surface area contributed by atoms with E-state index in [0.717, 1.165) is 34.0 Å². The van der Waals surface area contributed by atoms with Crippen LogP contribution in [0.25, 0.3) is 22.2 Å². The number of nitrogens with zero attached hydrogens (tertiary/aromatic N) is 4. The molecular formula is C25H25N5O4S. The van der Waals surface area contributed by atoms with Gasteiger partial charge in [-0.3, -0.25) is 9.71 Å². The minimum absolute atomic E-state index is 0.451. The standard InChI is InChI=1S/C25H25N5O4S/c1-33-17-13-19(20-8-4-5-11-26-20)23-22(14-17)27-25(28-24(23)34-2)30-12-10-18-16(15-30)7-6-9-21(18)29-35(3,31)32/h4-9,11,13-14,29H,10,12,15H2,1-3H3. The Labute approximate surface area is 203 Å². The number of fused-ring (bicyclic) bond motifs is 2. The number of anilines is 2. The third kappa shape index (κ3) is 4.57. The number of hydrogen-bond acceptors (Lipinski definition) is 8. The van der Waals surface area contributed by atoms with E-state index in [0.29, 0.717) is 48.3 Å². The summed E-state index contributed by atoms with van der Waals surface area (Å²) in [5.74, 6) is 1.64. The molecule has 0 bridgehead atoms. The third-order valence-corrected chi connectivity index (χ3v) is 6.53. The van der Waals surface area contributed by atoms with Crippen molar-refractivity contribution in [2.75, 3.05) is 36.6 Å². The summed E-state index contributed by atoms with van der Waals surface area (Å²) < 4.78 is 37.4. The molecule has 0 atom stereocenters. The van der Waals surface area contributed by atoms with E-state index in [4.69, 9.17) is 19.4 Å². The van der Waals surface area contributed by atoms with Crippen molar-refractivity contribution in [1.82, 2.24) is 15.0 Å². The summed E-state index contributed by atoms with van der Waals surface area (Å²) in [6, 6.07) is 15.1. The molecule has 2 aromatic carbocycles. The van der Waals surface area contributed by atoms with Gasteiger partial charge in [-0.1, -0.05) is 18.2 Å². The molecule has 0 aliphatic carbocycles. The highest BCUT2D eigenvalue weighted by Crippen LogP contribution is 2.38. The van der Waals surface area contributed by atoms with E-state index in [1.54, 1.807) is 26.5 Å². The average molecular weight is 492 g/mol. The lowest BCUT2D eigenvalue weighted by Gasteiger charge is -2.30. The number of benzene rings is 2. The largest absolute Gasteiger partial charge is 0.497 e. The second-order valence-corrected chi connectivity index (χ2v) is 10.1. The van der Waals surface area contributed by atoms with E-state index in [9.17, 15) is 8.42 Å². The molecule has 9 nitrogen and oxygen atoms in total. The quantitative estimate of drug-likeness (QED) is 0.436. The summed E-state index contributed by atoms with van der Waals surface area (Å²) in [7, 11) is -0.158. The molecule has 0 unspecified atom stereocenters. The molecule has 1 aliphatic heterocycles. The van der Waals surface area contributed by atoms with Crippen LogP contribution in [0.15, 0.2) is 54.7 Å². The molecule has 1 aliphatic rings. The number of pyridine rings is 1. The molecule has 0 fully saturated rings. The van der Waals surface area contributed by atoms with Crippen LogP contribution in [0, 0.1) is 0 Å². The van der Waals surface area contributed by atoms with E-state index in [1.165, 1.54) is 0 Å². The fraction of sp³-hybridized carbons (Fsp3) is 0.240. The first-order chi connectivity index (χ1) is 16.9. The zero-order valence-corrected chi connectivity index (χ0v) is 20.5. The highest BCUT2D eigenvalue weighted by atomic mass is 32.2. The normalized spacial score (nSPS) is 13.4. The van der Waals surface area contributed by atoms with Gasteiger partial charge in [-0.25, -0.2) is 13.4 Å². The molecule has 0 saturated carbocycles. The second-order valence-electron chi connectivity index (χ2n) is 8.31. The predicted molar refractivity (Wildman–Crippen MR) is 136 cm³/mol. The molecule has 0 saturated heterocycles. The van der Waals surface area contributed by atoms with Gasteiger partial charge in [-0.2, -0.15) is 4.98 Å². The van der Waals surface area contributed by atoms with Gasteiger partial charge >= 0.3 is 0 Å². The molecule has 4 aromatic rings. The molecule has 180 valence electrons. The van der Waals surface area contributed by atoms with Crippen LogP contribution in [0.4, 0.5) is 11.6 Å². The van der Waals surface area contributed by atoms with Gasteiger partial charge in [0, 0.05) is 30.9 Å². The molecule has 0 radical (unpaired) electrons. The number of ether oxygens (including phenoxy) is 2. The van der Waals surface area contributed by atoms with Gasteiger partial charge in [0.2, 0.25) is 21.9 Å². The summed E-state index contributed by atoms with van der Waals surface area (Å²) in [6.45, 7) is 1.17. The van der Waals surface area contributed by atoms with E-state index in [1.807, 2.05) is 42.5 Å². The first-order valence-corrected chi connectivity index (χ1v) is 12.9. The average Bonchev–Trinajstić information content (AvgIpc) is 2.86. The summed E-state index contributed by atoms with van der Waals surface area (Å²) in [5.41, 5.74) is 4.90. The zero-order chi connectivity index (χ0) is 24.6. The van der Waals surface area contributed by atoms with Crippen LogP contribution in [0.3, 0.4) is 0 Å². The summed E-state index contributed by atoms with van der Waals surface area (Å²) in [5, 5.41) is 0.757. The van der Waals surface area contributed by atoms with Crippen LogP contribution in [0.1, 0.15) is 11.1 Å². The SMILES string of the molecule is COc1cc(-c2ccccn2)c2c(OC)nc(N3CCc4c(cccc4NS(C)(=O)=O)C3)nc2c1. The maximum Gasteiger partial charge on any atom is 0.229 e. The fourth-order valence-corrected chi connectivity index (χ4v) is 4.99. The van der Waals surface area contributed by atoms with Crippen LogP contribution >= 0.6 is 0 Å². The number of sulfonamides is 1. The van der Waals surface area contributed by atoms with Crippen molar-refractivity contribution in [2.45, 2.75) is 13.0 Å². The Morgan fingerprint density at radius 1 is 1.03 bits per heavy atom. The van der Waals surface area contributed by atoms with Crippen LogP contribution in [0.5, 0.6) is 11.6 Å². The first kappa shape index (κ1) is 22.9. The van der Waals surface area contributed by atoms with E-state index >= 15 is 0 Å². The van der Waals surface area contributed by atoms with Crippen molar-refractivity contribution in [3.8, 4) is 22.9 Å². The van der Waals surface area contributed by atoms with Gasteiger partial charge in [0.05, 0.1) is 42.8 Å². The number of methoxy groups -OCH3 is 2. The molecule has 5 rings (SSSR count). The van der Waals surface area contributed by atoms with Crippen LogP contribution < -0.4 is 19.1 Å². The summed E-state index contributed by atoms with van der Waals surface area (Å²) in [4.78, 5) is 16.2. The lowest BCUT2D eigenvalue weighted by molar-refractivity contribution is 0.402. The topological polar surface area (TPSA) is 107 Å².